The fraction of sp³-hybridized carbons (Fsp3) is 0.385. The molecule has 1 aliphatic heterocycles. The zero-order valence-corrected chi connectivity index (χ0v) is 9.98. The largest absolute Gasteiger partial charge is 0.329 e. The average Bonchev–Trinajstić information content (AvgIpc) is 3.18. The van der Waals surface area contributed by atoms with Crippen LogP contribution in [0.25, 0.3) is 0 Å². The lowest BCUT2D eigenvalue weighted by Gasteiger charge is -2.31. The van der Waals surface area contributed by atoms with Crippen LogP contribution in [0.4, 0.5) is 11.4 Å². The van der Waals surface area contributed by atoms with Gasteiger partial charge in [-0.05, 0) is 25.0 Å². The van der Waals surface area contributed by atoms with Crippen molar-refractivity contribution in [3.05, 3.63) is 24.3 Å². The Bertz CT molecular complexity index is 523. The number of nitrogens with zero attached hydrogens (tertiary/aromatic N) is 1. The van der Waals surface area contributed by atoms with E-state index in [1.807, 2.05) is 18.2 Å². The molecule has 94 valence electrons. The van der Waals surface area contributed by atoms with Crippen molar-refractivity contribution in [2.75, 3.05) is 23.3 Å². The third kappa shape index (κ3) is 1.59. The van der Waals surface area contributed by atoms with Crippen LogP contribution in [-0.2, 0) is 9.59 Å². The Kier molecular flexibility index (Phi) is 2.38. The van der Waals surface area contributed by atoms with E-state index in [1.165, 1.54) is 0 Å². The van der Waals surface area contributed by atoms with Crippen molar-refractivity contribution in [3.8, 4) is 0 Å². The minimum Gasteiger partial charge on any atom is -0.329 e. The molecule has 5 heteroatoms. The van der Waals surface area contributed by atoms with E-state index in [0.29, 0.717) is 12.2 Å². The minimum absolute atomic E-state index is 0.0210. The van der Waals surface area contributed by atoms with Crippen molar-refractivity contribution < 1.29 is 9.59 Å². The van der Waals surface area contributed by atoms with Gasteiger partial charge in [-0.2, -0.15) is 0 Å². The van der Waals surface area contributed by atoms with Crippen LogP contribution >= 0.6 is 0 Å². The molecule has 0 spiro atoms. The number of amides is 2. The van der Waals surface area contributed by atoms with Gasteiger partial charge < -0.3 is 16.0 Å². The van der Waals surface area contributed by atoms with Crippen LogP contribution in [0.3, 0.4) is 0 Å². The maximum absolute atomic E-state index is 12.5. The van der Waals surface area contributed by atoms with Gasteiger partial charge >= 0.3 is 0 Å². The van der Waals surface area contributed by atoms with Crippen molar-refractivity contribution in [1.82, 2.24) is 0 Å². The second-order valence-electron chi connectivity index (χ2n) is 4.94. The van der Waals surface area contributed by atoms with Crippen LogP contribution in [0.2, 0.25) is 0 Å². The molecule has 1 aromatic carbocycles. The normalized spacial score (nSPS) is 20.1. The van der Waals surface area contributed by atoms with Crippen molar-refractivity contribution in [1.29, 1.82) is 0 Å². The van der Waals surface area contributed by atoms with Crippen LogP contribution < -0.4 is 16.0 Å². The predicted molar refractivity (Wildman–Crippen MR) is 68.1 cm³/mol. The fourth-order valence-electron chi connectivity index (χ4n) is 2.36. The van der Waals surface area contributed by atoms with Gasteiger partial charge in [0.25, 0.3) is 0 Å². The molecular formula is C13H15N3O2. The number of carbonyl (C=O) groups is 2. The van der Waals surface area contributed by atoms with Gasteiger partial charge in [0, 0.05) is 6.54 Å². The summed E-state index contributed by atoms with van der Waals surface area (Å²) in [6.07, 6.45) is 1.64. The van der Waals surface area contributed by atoms with Crippen LogP contribution in [0.5, 0.6) is 0 Å². The van der Waals surface area contributed by atoms with Crippen LogP contribution in [0, 0.1) is 5.41 Å². The molecule has 1 aromatic rings. The molecular weight excluding hydrogens is 230 g/mol. The highest BCUT2D eigenvalue weighted by molar-refractivity contribution is 6.11. The van der Waals surface area contributed by atoms with E-state index in [1.54, 1.807) is 11.0 Å². The van der Waals surface area contributed by atoms with E-state index >= 15 is 0 Å². The Morgan fingerprint density at radius 2 is 2.11 bits per heavy atom. The Balaban J connectivity index is 1.98. The predicted octanol–water partition coefficient (Wildman–Crippen LogP) is 0.711. The van der Waals surface area contributed by atoms with E-state index in [9.17, 15) is 9.59 Å². The summed E-state index contributed by atoms with van der Waals surface area (Å²) in [6, 6.07) is 7.34. The second-order valence-corrected chi connectivity index (χ2v) is 4.94. The molecule has 0 radical (unpaired) electrons. The summed E-state index contributed by atoms with van der Waals surface area (Å²) < 4.78 is 0. The van der Waals surface area contributed by atoms with E-state index in [4.69, 9.17) is 5.73 Å². The lowest BCUT2D eigenvalue weighted by atomic mass is 10.0. The SMILES string of the molecule is NCC1(C(=O)N2CC(=O)Nc3ccccc32)CC1. The van der Waals surface area contributed by atoms with E-state index < -0.39 is 5.41 Å². The number of hydrogen-bond acceptors (Lipinski definition) is 3. The van der Waals surface area contributed by atoms with Gasteiger partial charge in [0.2, 0.25) is 11.8 Å². The zero-order valence-electron chi connectivity index (χ0n) is 9.98. The van der Waals surface area contributed by atoms with Gasteiger partial charge in [0.05, 0.1) is 16.8 Å². The third-order valence-corrected chi connectivity index (χ3v) is 3.71. The number of benzene rings is 1. The standard InChI is InChI=1S/C13H15N3O2/c14-8-13(5-6-13)12(18)16-7-11(17)15-9-3-1-2-4-10(9)16/h1-4H,5-8,14H2,(H,15,17). The van der Waals surface area contributed by atoms with Crippen LogP contribution in [0.1, 0.15) is 12.8 Å². The molecule has 1 fully saturated rings. The topological polar surface area (TPSA) is 75.4 Å². The van der Waals surface area contributed by atoms with Gasteiger partial charge in [-0.25, -0.2) is 0 Å². The van der Waals surface area contributed by atoms with Crippen molar-refractivity contribution in [3.63, 3.8) is 0 Å². The molecule has 0 aromatic heterocycles. The highest BCUT2D eigenvalue weighted by Gasteiger charge is 2.51. The Hall–Kier alpha value is -1.88. The lowest BCUT2D eigenvalue weighted by Crippen LogP contribution is -2.47. The number of fused-ring (bicyclic) bond motifs is 1. The smallest absolute Gasteiger partial charge is 0.244 e. The summed E-state index contributed by atoms with van der Waals surface area (Å²) >= 11 is 0. The number of para-hydroxylation sites is 2. The first-order valence-electron chi connectivity index (χ1n) is 6.07. The molecule has 1 saturated carbocycles. The Morgan fingerprint density at radius 3 is 2.78 bits per heavy atom. The molecule has 2 amide bonds. The Labute approximate surface area is 105 Å². The number of anilines is 2. The lowest BCUT2D eigenvalue weighted by molar-refractivity contribution is -0.125. The molecule has 18 heavy (non-hydrogen) atoms. The average molecular weight is 245 g/mol. The quantitative estimate of drug-likeness (QED) is 0.805. The van der Waals surface area contributed by atoms with Gasteiger partial charge in [-0.15, -0.1) is 0 Å². The summed E-state index contributed by atoms with van der Waals surface area (Å²) in [6.45, 7) is 0.434. The third-order valence-electron chi connectivity index (χ3n) is 3.71. The molecule has 0 atom stereocenters. The van der Waals surface area contributed by atoms with Gasteiger partial charge in [0.1, 0.15) is 6.54 Å². The molecule has 1 aliphatic carbocycles. The number of nitrogens with two attached hydrogens (primary N) is 1. The molecule has 3 N–H and O–H groups in total. The first kappa shape index (κ1) is 11.2. The first-order valence-corrected chi connectivity index (χ1v) is 6.07. The highest BCUT2D eigenvalue weighted by atomic mass is 16.2. The van der Waals surface area contributed by atoms with E-state index in [2.05, 4.69) is 5.32 Å². The summed E-state index contributed by atoms with van der Waals surface area (Å²) in [5.41, 5.74) is 6.71. The number of nitrogens with one attached hydrogen (secondary N) is 1. The van der Waals surface area contributed by atoms with Crippen molar-refractivity contribution in [2.45, 2.75) is 12.8 Å². The molecule has 1 heterocycles. The summed E-state index contributed by atoms with van der Waals surface area (Å²) in [7, 11) is 0. The zero-order chi connectivity index (χ0) is 12.8. The van der Waals surface area contributed by atoms with Crippen LogP contribution in [0.15, 0.2) is 24.3 Å². The molecule has 3 rings (SSSR count). The maximum atomic E-state index is 12.5. The van der Waals surface area contributed by atoms with Gasteiger partial charge in [-0.3, -0.25) is 9.59 Å². The maximum Gasteiger partial charge on any atom is 0.244 e. The van der Waals surface area contributed by atoms with Crippen molar-refractivity contribution in [2.24, 2.45) is 11.1 Å². The highest BCUT2D eigenvalue weighted by Crippen LogP contribution is 2.47. The number of rotatable bonds is 2. The first-order chi connectivity index (χ1) is 8.66. The summed E-state index contributed by atoms with van der Waals surface area (Å²) in [5.74, 6) is -0.179. The summed E-state index contributed by atoms with van der Waals surface area (Å²) in [4.78, 5) is 25.7. The Morgan fingerprint density at radius 1 is 1.39 bits per heavy atom. The minimum atomic E-state index is -0.426. The molecule has 0 saturated heterocycles. The molecule has 2 aliphatic rings. The molecule has 0 unspecified atom stereocenters. The number of carbonyl (C=O) groups excluding carboxylic acids is 2. The second kappa shape index (κ2) is 3.81. The molecule has 5 nitrogen and oxygen atoms in total. The van der Waals surface area contributed by atoms with Crippen LogP contribution in [-0.4, -0.2) is 24.9 Å². The fourth-order valence-corrected chi connectivity index (χ4v) is 2.36. The summed E-state index contributed by atoms with van der Waals surface area (Å²) in [5, 5.41) is 2.77. The van der Waals surface area contributed by atoms with E-state index in [-0.39, 0.29) is 18.4 Å². The van der Waals surface area contributed by atoms with Gasteiger partial charge in [0.15, 0.2) is 0 Å². The van der Waals surface area contributed by atoms with E-state index in [0.717, 1.165) is 18.5 Å². The number of hydrogen-bond donors (Lipinski definition) is 2. The van der Waals surface area contributed by atoms with Crippen molar-refractivity contribution >= 4 is 23.2 Å². The van der Waals surface area contributed by atoms with Gasteiger partial charge in [-0.1, -0.05) is 12.1 Å². The monoisotopic (exact) mass is 245 g/mol. The molecule has 0 bridgehead atoms.